The molecule has 0 spiro atoms. The number of nitrogens with one attached hydrogen (secondary N) is 1. The number of carboxylic acids is 1. The van der Waals surface area contributed by atoms with Crippen molar-refractivity contribution in [3.8, 4) is 0 Å². The third-order valence-electron chi connectivity index (χ3n) is 2.22. The minimum Gasteiger partial charge on any atom is -0.477 e. The first-order valence-electron chi connectivity index (χ1n) is 5.08. The number of rotatable bonds is 4. The zero-order valence-electron chi connectivity index (χ0n) is 9.00. The van der Waals surface area contributed by atoms with E-state index in [-0.39, 0.29) is 5.69 Å². The zero-order chi connectivity index (χ0) is 12.1. The highest BCUT2D eigenvalue weighted by molar-refractivity contribution is 5.85. The summed E-state index contributed by atoms with van der Waals surface area (Å²) in [5.74, 6) is -1.02. The molecule has 0 aromatic carbocycles. The number of hydrogen-bond acceptors (Lipinski definition) is 4. The van der Waals surface area contributed by atoms with Crippen molar-refractivity contribution in [2.24, 2.45) is 0 Å². The molecule has 0 bridgehead atoms. The van der Waals surface area contributed by atoms with Crippen LogP contribution in [-0.2, 0) is 6.54 Å². The van der Waals surface area contributed by atoms with E-state index in [2.05, 4.69) is 15.3 Å². The second-order valence-electron chi connectivity index (χ2n) is 3.45. The normalized spacial score (nSPS) is 9.88. The van der Waals surface area contributed by atoms with Gasteiger partial charge < -0.3 is 10.4 Å². The number of carbonyl (C=O) groups is 1. The van der Waals surface area contributed by atoms with Gasteiger partial charge in [-0.3, -0.25) is 4.98 Å². The number of aromatic carboxylic acids is 1. The summed E-state index contributed by atoms with van der Waals surface area (Å²) in [6, 6.07) is 6.95. The molecule has 0 radical (unpaired) electrons. The Morgan fingerprint density at radius 1 is 1.24 bits per heavy atom. The predicted molar refractivity (Wildman–Crippen MR) is 62.8 cm³/mol. The Morgan fingerprint density at radius 2 is 2.00 bits per heavy atom. The summed E-state index contributed by atoms with van der Waals surface area (Å²) in [4.78, 5) is 18.4. The second kappa shape index (κ2) is 5.07. The molecule has 0 amide bonds. The van der Waals surface area contributed by atoms with Crippen LogP contribution in [0.3, 0.4) is 0 Å². The lowest BCUT2D eigenvalue weighted by atomic mass is 10.2. The van der Waals surface area contributed by atoms with Gasteiger partial charge in [-0.25, -0.2) is 9.78 Å². The average molecular weight is 229 g/mol. The average Bonchev–Trinajstić information content (AvgIpc) is 2.38. The summed E-state index contributed by atoms with van der Waals surface area (Å²) in [5, 5.41) is 11.9. The highest BCUT2D eigenvalue weighted by atomic mass is 16.4. The lowest BCUT2D eigenvalue weighted by Crippen LogP contribution is -2.03. The Labute approximate surface area is 98.2 Å². The van der Waals surface area contributed by atoms with Crippen LogP contribution in [-0.4, -0.2) is 21.0 Å². The fraction of sp³-hybridized carbons (Fsp3) is 0.0833. The van der Waals surface area contributed by atoms with Crippen LogP contribution in [0.15, 0.2) is 42.9 Å². The Balaban J connectivity index is 1.98. The molecule has 2 heterocycles. The standard InChI is InChI=1S/C12H11N3O2/c16-12(17)11-2-1-9(8-15-11)7-14-10-3-5-13-6-4-10/h1-6,8H,7H2,(H,13,14)(H,16,17). The number of anilines is 1. The van der Waals surface area contributed by atoms with Gasteiger partial charge in [-0.2, -0.15) is 0 Å². The van der Waals surface area contributed by atoms with Crippen LogP contribution in [0.4, 0.5) is 5.69 Å². The van der Waals surface area contributed by atoms with E-state index in [9.17, 15) is 4.79 Å². The van der Waals surface area contributed by atoms with E-state index in [1.807, 2.05) is 12.1 Å². The summed E-state index contributed by atoms with van der Waals surface area (Å²) >= 11 is 0. The van der Waals surface area contributed by atoms with Crippen molar-refractivity contribution in [3.05, 3.63) is 54.1 Å². The van der Waals surface area contributed by atoms with Gasteiger partial charge in [0.1, 0.15) is 5.69 Å². The summed E-state index contributed by atoms with van der Waals surface area (Å²) in [6.45, 7) is 0.594. The third kappa shape index (κ3) is 3.01. The topological polar surface area (TPSA) is 75.1 Å². The van der Waals surface area contributed by atoms with E-state index >= 15 is 0 Å². The highest BCUT2D eigenvalue weighted by Crippen LogP contribution is 2.07. The van der Waals surface area contributed by atoms with Gasteiger partial charge >= 0.3 is 5.97 Å². The van der Waals surface area contributed by atoms with E-state index in [0.717, 1.165) is 11.3 Å². The van der Waals surface area contributed by atoms with Crippen molar-refractivity contribution in [2.75, 3.05) is 5.32 Å². The maximum atomic E-state index is 10.6. The fourth-order valence-electron chi connectivity index (χ4n) is 1.33. The number of carboxylic acid groups (broad SMARTS) is 1. The van der Waals surface area contributed by atoms with Crippen molar-refractivity contribution < 1.29 is 9.90 Å². The largest absolute Gasteiger partial charge is 0.477 e. The first kappa shape index (κ1) is 11.1. The molecule has 5 nitrogen and oxygen atoms in total. The molecule has 0 fully saturated rings. The molecule has 0 saturated heterocycles. The summed E-state index contributed by atoms with van der Waals surface area (Å²) < 4.78 is 0. The van der Waals surface area contributed by atoms with E-state index in [1.165, 1.54) is 6.07 Å². The maximum absolute atomic E-state index is 10.6. The van der Waals surface area contributed by atoms with Crippen molar-refractivity contribution >= 4 is 11.7 Å². The summed E-state index contributed by atoms with van der Waals surface area (Å²) in [6.07, 6.45) is 4.96. The van der Waals surface area contributed by atoms with Crippen LogP contribution in [0.2, 0.25) is 0 Å². The van der Waals surface area contributed by atoms with Crippen molar-refractivity contribution in [3.63, 3.8) is 0 Å². The van der Waals surface area contributed by atoms with Crippen LogP contribution < -0.4 is 5.32 Å². The first-order chi connectivity index (χ1) is 8.25. The number of aromatic nitrogens is 2. The highest BCUT2D eigenvalue weighted by Gasteiger charge is 2.03. The maximum Gasteiger partial charge on any atom is 0.354 e. The van der Waals surface area contributed by atoms with Crippen LogP contribution in [0.1, 0.15) is 16.1 Å². The molecular weight excluding hydrogens is 218 g/mol. The molecular formula is C12H11N3O2. The van der Waals surface area contributed by atoms with Gasteiger partial charge in [0.15, 0.2) is 0 Å². The minimum atomic E-state index is -1.02. The smallest absolute Gasteiger partial charge is 0.354 e. The number of pyridine rings is 2. The molecule has 2 rings (SSSR count). The SMILES string of the molecule is O=C(O)c1ccc(CNc2ccncc2)cn1. The van der Waals surface area contributed by atoms with E-state index < -0.39 is 5.97 Å². The summed E-state index contributed by atoms with van der Waals surface area (Å²) in [7, 11) is 0. The Hall–Kier alpha value is -2.43. The van der Waals surface area contributed by atoms with Gasteiger partial charge in [0.25, 0.3) is 0 Å². The van der Waals surface area contributed by atoms with Gasteiger partial charge in [0.2, 0.25) is 0 Å². The van der Waals surface area contributed by atoms with Gasteiger partial charge in [-0.1, -0.05) is 6.07 Å². The Kier molecular flexibility index (Phi) is 3.30. The van der Waals surface area contributed by atoms with Crippen molar-refractivity contribution in [2.45, 2.75) is 6.54 Å². The Morgan fingerprint density at radius 3 is 2.59 bits per heavy atom. The second-order valence-corrected chi connectivity index (χ2v) is 3.45. The molecule has 2 N–H and O–H groups in total. The van der Waals surface area contributed by atoms with E-state index in [1.54, 1.807) is 24.7 Å². The molecule has 0 aliphatic heterocycles. The third-order valence-corrected chi connectivity index (χ3v) is 2.22. The quantitative estimate of drug-likeness (QED) is 0.835. The molecule has 0 unspecified atom stereocenters. The minimum absolute atomic E-state index is 0.0534. The number of hydrogen-bond donors (Lipinski definition) is 2. The first-order valence-corrected chi connectivity index (χ1v) is 5.08. The predicted octanol–water partition coefficient (Wildman–Crippen LogP) is 1.79. The molecule has 0 saturated carbocycles. The molecule has 5 heteroatoms. The van der Waals surface area contributed by atoms with Crippen LogP contribution in [0, 0.1) is 0 Å². The summed E-state index contributed by atoms with van der Waals surface area (Å²) in [5.41, 5.74) is 1.94. The van der Waals surface area contributed by atoms with E-state index in [0.29, 0.717) is 6.54 Å². The van der Waals surface area contributed by atoms with E-state index in [4.69, 9.17) is 5.11 Å². The van der Waals surface area contributed by atoms with Crippen LogP contribution >= 0.6 is 0 Å². The van der Waals surface area contributed by atoms with Gasteiger partial charge in [-0.05, 0) is 23.8 Å². The molecule has 0 aliphatic carbocycles. The lowest BCUT2D eigenvalue weighted by Gasteiger charge is -2.05. The molecule has 86 valence electrons. The molecule has 2 aromatic heterocycles. The molecule has 0 aliphatic rings. The van der Waals surface area contributed by atoms with Gasteiger partial charge in [0, 0.05) is 30.8 Å². The molecule has 2 aromatic rings. The zero-order valence-corrected chi connectivity index (χ0v) is 9.00. The molecule has 0 atom stereocenters. The Bertz CT molecular complexity index is 497. The van der Waals surface area contributed by atoms with Crippen molar-refractivity contribution in [1.82, 2.24) is 9.97 Å². The van der Waals surface area contributed by atoms with Crippen LogP contribution in [0.5, 0.6) is 0 Å². The number of nitrogens with zero attached hydrogens (tertiary/aromatic N) is 2. The van der Waals surface area contributed by atoms with Gasteiger partial charge in [-0.15, -0.1) is 0 Å². The van der Waals surface area contributed by atoms with Gasteiger partial charge in [0.05, 0.1) is 0 Å². The fourth-order valence-corrected chi connectivity index (χ4v) is 1.33. The molecule has 17 heavy (non-hydrogen) atoms. The monoisotopic (exact) mass is 229 g/mol. The van der Waals surface area contributed by atoms with Crippen molar-refractivity contribution in [1.29, 1.82) is 0 Å². The lowest BCUT2D eigenvalue weighted by molar-refractivity contribution is 0.0690. The van der Waals surface area contributed by atoms with Crippen LogP contribution in [0.25, 0.3) is 0 Å².